The number of carbonyl (C=O) groups excluding carboxylic acids is 2. The fourth-order valence-electron chi connectivity index (χ4n) is 2.56. The molecule has 1 N–H and O–H groups in total. The van der Waals surface area contributed by atoms with Crippen LogP contribution in [0.4, 0.5) is 0 Å². The number of amides is 2. The summed E-state index contributed by atoms with van der Waals surface area (Å²) in [6.07, 6.45) is 0.929. The van der Waals surface area contributed by atoms with Gasteiger partial charge < -0.3 is 0 Å². The minimum atomic E-state index is -0.474. The largest absolute Gasteiger partial charge is 0.269 e. The molecular weight excluding hydrogens is 280 g/mol. The van der Waals surface area contributed by atoms with Crippen LogP contribution in [0.5, 0.6) is 0 Å². The Morgan fingerprint density at radius 2 is 1.73 bits per heavy atom. The SMILES string of the molecule is CC[C@H](C)c1n[nH]c([C@@H](C)N2C(=O)c3ccccc3C2=O)n1. The number of H-pyrrole nitrogens is 1. The summed E-state index contributed by atoms with van der Waals surface area (Å²) < 4.78 is 0. The topological polar surface area (TPSA) is 79.0 Å². The highest BCUT2D eigenvalue weighted by atomic mass is 16.2. The molecule has 0 bridgehead atoms. The molecule has 2 heterocycles. The first kappa shape index (κ1) is 14.4. The molecule has 0 saturated heterocycles. The van der Waals surface area contributed by atoms with Crippen LogP contribution in [0.15, 0.2) is 24.3 Å². The summed E-state index contributed by atoms with van der Waals surface area (Å²) in [5.74, 6) is 0.911. The van der Waals surface area contributed by atoms with Gasteiger partial charge in [-0.1, -0.05) is 26.0 Å². The maximum Gasteiger partial charge on any atom is 0.262 e. The zero-order valence-corrected chi connectivity index (χ0v) is 12.8. The summed E-state index contributed by atoms with van der Waals surface area (Å²) in [6, 6.07) is 6.39. The second-order valence-electron chi connectivity index (χ2n) is 5.59. The average molecular weight is 298 g/mol. The number of aromatic nitrogens is 3. The first-order valence-electron chi connectivity index (χ1n) is 7.43. The molecule has 1 aliphatic rings. The van der Waals surface area contributed by atoms with Crippen LogP contribution in [-0.2, 0) is 0 Å². The number of benzene rings is 1. The molecule has 1 aliphatic heterocycles. The minimum Gasteiger partial charge on any atom is -0.269 e. The summed E-state index contributed by atoms with van der Waals surface area (Å²) >= 11 is 0. The second-order valence-corrected chi connectivity index (χ2v) is 5.59. The van der Waals surface area contributed by atoms with Gasteiger partial charge in [-0.25, -0.2) is 4.98 Å². The van der Waals surface area contributed by atoms with Crippen molar-refractivity contribution in [1.82, 2.24) is 20.1 Å². The number of imide groups is 1. The summed E-state index contributed by atoms with van der Waals surface area (Å²) in [5, 5.41) is 7.05. The third kappa shape index (κ3) is 2.11. The monoisotopic (exact) mass is 298 g/mol. The van der Waals surface area contributed by atoms with Crippen LogP contribution in [0.2, 0.25) is 0 Å². The molecule has 114 valence electrons. The van der Waals surface area contributed by atoms with E-state index in [1.807, 2.05) is 6.92 Å². The Labute approximate surface area is 128 Å². The van der Waals surface area contributed by atoms with E-state index in [0.29, 0.717) is 22.8 Å². The highest BCUT2D eigenvalue weighted by Gasteiger charge is 2.39. The Hall–Kier alpha value is -2.50. The molecule has 1 aromatic heterocycles. The summed E-state index contributed by atoms with van der Waals surface area (Å²) in [4.78, 5) is 30.6. The number of hydrogen-bond donors (Lipinski definition) is 1. The summed E-state index contributed by atoms with van der Waals surface area (Å²) in [7, 11) is 0. The van der Waals surface area contributed by atoms with Crippen LogP contribution in [0.1, 0.15) is 71.5 Å². The van der Waals surface area contributed by atoms with Gasteiger partial charge in [-0.05, 0) is 25.5 Å². The van der Waals surface area contributed by atoms with E-state index in [9.17, 15) is 9.59 Å². The number of aromatic amines is 1. The van der Waals surface area contributed by atoms with Crippen molar-refractivity contribution >= 4 is 11.8 Å². The molecule has 6 heteroatoms. The third-order valence-electron chi connectivity index (χ3n) is 4.18. The van der Waals surface area contributed by atoms with Crippen molar-refractivity contribution in [1.29, 1.82) is 0 Å². The van der Waals surface area contributed by atoms with Crippen molar-refractivity contribution in [3.63, 3.8) is 0 Å². The van der Waals surface area contributed by atoms with E-state index >= 15 is 0 Å². The normalized spacial score (nSPS) is 16.8. The van der Waals surface area contributed by atoms with E-state index in [2.05, 4.69) is 22.1 Å². The Bertz CT molecular complexity index is 702. The van der Waals surface area contributed by atoms with E-state index in [0.717, 1.165) is 6.42 Å². The van der Waals surface area contributed by atoms with Crippen LogP contribution in [-0.4, -0.2) is 31.9 Å². The van der Waals surface area contributed by atoms with Gasteiger partial charge in [0.2, 0.25) is 0 Å². The molecule has 3 rings (SSSR count). The van der Waals surface area contributed by atoms with Gasteiger partial charge in [-0.15, -0.1) is 0 Å². The van der Waals surface area contributed by atoms with Crippen LogP contribution in [0.25, 0.3) is 0 Å². The number of rotatable bonds is 4. The van der Waals surface area contributed by atoms with E-state index in [4.69, 9.17) is 0 Å². The Morgan fingerprint density at radius 1 is 1.14 bits per heavy atom. The van der Waals surface area contributed by atoms with Gasteiger partial charge >= 0.3 is 0 Å². The zero-order chi connectivity index (χ0) is 15.9. The average Bonchev–Trinajstić information content (AvgIpc) is 3.12. The Kier molecular flexibility index (Phi) is 3.52. The third-order valence-corrected chi connectivity index (χ3v) is 4.18. The van der Waals surface area contributed by atoms with E-state index in [1.165, 1.54) is 4.90 Å². The van der Waals surface area contributed by atoms with Gasteiger partial charge in [0.15, 0.2) is 5.82 Å². The van der Waals surface area contributed by atoms with Crippen molar-refractivity contribution in [2.45, 2.75) is 39.2 Å². The molecule has 0 fully saturated rings. The Balaban J connectivity index is 1.90. The number of carbonyl (C=O) groups is 2. The number of fused-ring (bicyclic) bond motifs is 1. The first-order valence-corrected chi connectivity index (χ1v) is 7.43. The lowest BCUT2D eigenvalue weighted by atomic mass is 10.1. The van der Waals surface area contributed by atoms with Crippen molar-refractivity contribution < 1.29 is 9.59 Å². The van der Waals surface area contributed by atoms with Gasteiger partial charge in [0.25, 0.3) is 11.8 Å². The molecule has 0 aliphatic carbocycles. The van der Waals surface area contributed by atoms with Gasteiger partial charge in [-0.3, -0.25) is 19.6 Å². The summed E-state index contributed by atoms with van der Waals surface area (Å²) in [5.41, 5.74) is 0.891. The van der Waals surface area contributed by atoms with Gasteiger partial charge in [0.05, 0.1) is 17.2 Å². The molecule has 2 atom stereocenters. The number of nitrogens with zero attached hydrogens (tertiary/aromatic N) is 3. The smallest absolute Gasteiger partial charge is 0.262 e. The van der Waals surface area contributed by atoms with E-state index in [-0.39, 0.29) is 17.7 Å². The molecule has 22 heavy (non-hydrogen) atoms. The first-order chi connectivity index (χ1) is 10.5. The summed E-state index contributed by atoms with van der Waals surface area (Å²) in [6.45, 7) is 5.89. The molecule has 0 radical (unpaired) electrons. The molecule has 0 unspecified atom stereocenters. The maximum atomic E-state index is 12.5. The van der Waals surface area contributed by atoms with Crippen molar-refractivity contribution in [3.05, 3.63) is 47.0 Å². The van der Waals surface area contributed by atoms with Crippen LogP contribution in [0, 0.1) is 0 Å². The van der Waals surface area contributed by atoms with E-state index in [1.54, 1.807) is 31.2 Å². The minimum absolute atomic E-state index is 0.236. The van der Waals surface area contributed by atoms with Crippen molar-refractivity contribution in [2.24, 2.45) is 0 Å². The van der Waals surface area contributed by atoms with Gasteiger partial charge in [-0.2, -0.15) is 5.10 Å². The molecule has 0 saturated carbocycles. The highest BCUT2D eigenvalue weighted by Crippen LogP contribution is 2.30. The lowest BCUT2D eigenvalue weighted by Crippen LogP contribution is -2.33. The zero-order valence-electron chi connectivity index (χ0n) is 12.8. The van der Waals surface area contributed by atoms with Crippen molar-refractivity contribution in [3.8, 4) is 0 Å². The molecule has 2 amide bonds. The van der Waals surface area contributed by atoms with Gasteiger partial charge in [0.1, 0.15) is 5.82 Å². The molecule has 6 nitrogen and oxygen atoms in total. The van der Waals surface area contributed by atoms with Crippen LogP contribution < -0.4 is 0 Å². The van der Waals surface area contributed by atoms with Crippen LogP contribution >= 0.6 is 0 Å². The van der Waals surface area contributed by atoms with Crippen molar-refractivity contribution in [2.75, 3.05) is 0 Å². The quantitative estimate of drug-likeness (QED) is 0.880. The molecular formula is C16H18N4O2. The highest BCUT2D eigenvalue weighted by molar-refractivity contribution is 6.21. The molecule has 0 spiro atoms. The van der Waals surface area contributed by atoms with E-state index < -0.39 is 6.04 Å². The fraction of sp³-hybridized carbons (Fsp3) is 0.375. The lowest BCUT2D eigenvalue weighted by molar-refractivity contribution is 0.0589. The molecule has 1 aromatic carbocycles. The number of hydrogen-bond acceptors (Lipinski definition) is 4. The standard InChI is InChI=1S/C16H18N4O2/c1-4-9(2)13-17-14(19-18-13)10(3)20-15(21)11-7-5-6-8-12(11)16(20)22/h5-10H,4H2,1-3H3,(H,17,18,19)/t9-,10+/m0/s1. The van der Waals surface area contributed by atoms with Gasteiger partial charge in [0, 0.05) is 5.92 Å². The molecule has 2 aromatic rings. The maximum absolute atomic E-state index is 12.5. The van der Waals surface area contributed by atoms with Crippen LogP contribution in [0.3, 0.4) is 0 Å². The second kappa shape index (κ2) is 5.36. The lowest BCUT2D eigenvalue weighted by Gasteiger charge is -2.20. The predicted molar refractivity (Wildman–Crippen MR) is 80.4 cm³/mol. The predicted octanol–water partition coefficient (Wildman–Crippen LogP) is 2.68. The fourth-order valence-corrected chi connectivity index (χ4v) is 2.56. The Morgan fingerprint density at radius 3 is 2.27 bits per heavy atom. The number of nitrogens with one attached hydrogen (secondary N) is 1.